The Bertz CT molecular complexity index is 1160. The van der Waals surface area contributed by atoms with E-state index in [4.69, 9.17) is 16.3 Å². The van der Waals surface area contributed by atoms with Crippen molar-refractivity contribution in [3.63, 3.8) is 0 Å². The van der Waals surface area contributed by atoms with Crippen LogP contribution in [0.1, 0.15) is 12.2 Å². The second-order valence-corrected chi connectivity index (χ2v) is 10.5. The van der Waals surface area contributed by atoms with E-state index in [2.05, 4.69) is 19.8 Å². The summed E-state index contributed by atoms with van der Waals surface area (Å²) < 4.78 is 4.41. The number of nitrogens with zero attached hydrogens (tertiary/aromatic N) is 5. The number of oxime groups is 1. The Hall–Kier alpha value is -3.50. The smallest absolute Gasteiger partial charge is 0.352 e. The lowest BCUT2D eigenvalue weighted by Crippen LogP contribution is -2.71. The first-order valence-electron chi connectivity index (χ1n) is 10.6. The number of aromatic nitrogens is 2. The highest BCUT2D eigenvalue weighted by Crippen LogP contribution is 2.40. The number of amides is 3. The summed E-state index contributed by atoms with van der Waals surface area (Å²) in [6.07, 6.45) is 3.72. The Morgan fingerprint density at radius 1 is 1.39 bits per heavy atom. The first kappa shape index (κ1) is 27.1. The van der Waals surface area contributed by atoms with Crippen LogP contribution in [0.15, 0.2) is 28.6 Å². The van der Waals surface area contributed by atoms with Gasteiger partial charge in [-0.15, -0.1) is 11.8 Å². The molecule has 0 unspecified atom stereocenters. The lowest BCUT2D eigenvalue weighted by Gasteiger charge is -2.49. The van der Waals surface area contributed by atoms with E-state index in [1.807, 2.05) is 20.2 Å². The van der Waals surface area contributed by atoms with Gasteiger partial charge >= 0.3 is 5.97 Å². The predicted octanol–water partition coefficient (Wildman–Crippen LogP) is -1.28. The number of β-lactam (4-membered cyclic amide) rings is 1. The molecule has 14 nitrogen and oxygen atoms in total. The highest BCUT2D eigenvalue weighted by atomic mass is 32.2. The number of hydrogen-bond donors (Lipinski definition) is 4. The number of carbonyl (C=O) groups excluding carboxylic acids is 3. The Morgan fingerprint density at radius 2 is 2.11 bits per heavy atom. The van der Waals surface area contributed by atoms with Crippen molar-refractivity contribution in [2.24, 2.45) is 10.9 Å². The summed E-state index contributed by atoms with van der Waals surface area (Å²) in [4.78, 5) is 58.6. The van der Waals surface area contributed by atoms with Gasteiger partial charge in [0.15, 0.2) is 5.13 Å². The number of hydrogen-bond acceptors (Lipinski definition) is 11. The average molecular weight is 540 g/mol. The maximum atomic E-state index is 12.9. The fourth-order valence-corrected chi connectivity index (χ4v) is 5.32. The van der Waals surface area contributed by atoms with E-state index < -0.39 is 29.2 Å². The number of primary amides is 1. The fraction of sp³-hybridized carbons (Fsp3) is 0.450. The van der Waals surface area contributed by atoms with Crippen LogP contribution < -0.4 is 16.8 Å². The third-order valence-electron chi connectivity index (χ3n) is 5.42. The first-order chi connectivity index (χ1) is 16.9. The van der Waals surface area contributed by atoms with E-state index >= 15 is 0 Å². The van der Waals surface area contributed by atoms with Gasteiger partial charge in [0.1, 0.15) is 24.2 Å². The van der Waals surface area contributed by atoms with Gasteiger partial charge in [-0.3, -0.25) is 19.3 Å². The van der Waals surface area contributed by atoms with Crippen LogP contribution in [-0.4, -0.2) is 105 Å². The number of thioether (sulfide) groups is 1. The van der Waals surface area contributed by atoms with Gasteiger partial charge in [0, 0.05) is 17.3 Å². The van der Waals surface area contributed by atoms with Crippen molar-refractivity contribution in [3.05, 3.63) is 29.2 Å². The Kier molecular flexibility index (Phi) is 8.31. The summed E-state index contributed by atoms with van der Waals surface area (Å²) in [6.45, 7) is 1.06. The molecular weight excluding hydrogens is 512 g/mol. The SMILES string of the molecule is CO/N=C(\C(=O)N[C@@H]1C(=O)N2C(C(=O)O)=C(/C=C/C[N+](C)(C)CCC(N)=O)CS[C@H]12)c1nsc(N)n1. The van der Waals surface area contributed by atoms with Gasteiger partial charge in [0.2, 0.25) is 17.4 Å². The zero-order valence-corrected chi connectivity index (χ0v) is 21.5. The third kappa shape index (κ3) is 6.00. The molecule has 6 N–H and O–H groups in total. The molecule has 1 fully saturated rings. The predicted molar refractivity (Wildman–Crippen MR) is 132 cm³/mol. The van der Waals surface area contributed by atoms with Gasteiger partial charge in [-0.2, -0.15) is 9.36 Å². The maximum absolute atomic E-state index is 12.9. The summed E-state index contributed by atoms with van der Waals surface area (Å²) in [6, 6.07) is -0.968. The molecule has 1 aromatic rings. The molecule has 2 aliphatic rings. The minimum absolute atomic E-state index is 0.0486. The van der Waals surface area contributed by atoms with E-state index in [0.29, 0.717) is 28.9 Å². The lowest BCUT2D eigenvalue weighted by atomic mass is 10.0. The lowest BCUT2D eigenvalue weighted by molar-refractivity contribution is -0.883. The number of anilines is 1. The summed E-state index contributed by atoms with van der Waals surface area (Å²) >= 11 is 2.19. The van der Waals surface area contributed by atoms with Gasteiger partial charge in [-0.05, 0) is 11.6 Å². The van der Waals surface area contributed by atoms with Crippen molar-refractivity contribution in [1.82, 2.24) is 19.6 Å². The van der Waals surface area contributed by atoms with Gasteiger partial charge in [-0.25, -0.2) is 4.79 Å². The number of rotatable bonds is 11. The number of likely N-dealkylation sites (N-methyl/N-ethyl adjacent to an activating group) is 1. The molecule has 0 saturated carbocycles. The van der Waals surface area contributed by atoms with Crippen LogP contribution in [0, 0.1) is 0 Å². The molecule has 2 atom stereocenters. The summed E-state index contributed by atoms with van der Waals surface area (Å²) in [5, 5.41) is 15.6. The number of quaternary nitrogens is 1. The highest BCUT2D eigenvalue weighted by Gasteiger charge is 2.54. The molecule has 2 aliphatic heterocycles. The van der Waals surface area contributed by atoms with E-state index in [1.165, 1.54) is 23.8 Å². The number of nitrogens with two attached hydrogens (primary N) is 2. The number of aliphatic carboxylic acids is 1. The molecule has 0 bridgehead atoms. The van der Waals surface area contributed by atoms with Crippen LogP contribution in [0.2, 0.25) is 0 Å². The zero-order chi connectivity index (χ0) is 26.6. The molecule has 3 rings (SSSR count). The van der Waals surface area contributed by atoms with Gasteiger partial charge in [-0.1, -0.05) is 11.2 Å². The average Bonchev–Trinajstić information content (AvgIpc) is 3.24. The van der Waals surface area contributed by atoms with Crippen molar-refractivity contribution in [1.29, 1.82) is 0 Å². The van der Waals surface area contributed by atoms with E-state index in [9.17, 15) is 24.3 Å². The molecule has 0 radical (unpaired) electrons. The number of carbonyl (C=O) groups is 4. The van der Waals surface area contributed by atoms with Gasteiger partial charge in [0.05, 0.1) is 33.6 Å². The van der Waals surface area contributed by atoms with Crippen molar-refractivity contribution in [2.45, 2.75) is 17.8 Å². The molecule has 36 heavy (non-hydrogen) atoms. The van der Waals surface area contributed by atoms with E-state index in [1.54, 1.807) is 6.08 Å². The number of nitrogen functional groups attached to an aromatic ring is 1. The van der Waals surface area contributed by atoms with Crippen molar-refractivity contribution >= 4 is 57.8 Å². The molecule has 1 aromatic heterocycles. The fourth-order valence-electron chi connectivity index (χ4n) is 3.57. The van der Waals surface area contributed by atoms with E-state index in [-0.39, 0.29) is 34.7 Å². The van der Waals surface area contributed by atoms with Crippen LogP contribution in [0.25, 0.3) is 0 Å². The normalized spacial score (nSPS) is 20.2. The van der Waals surface area contributed by atoms with Crippen LogP contribution in [0.5, 0.6) is 0 Å². The molecule has 16 heteroatoms. The monoisotopic (exact) mass is 539 g/mol. The first-order valence-corrected chi connectivity index (χ1v) is 12.5. The van der Waals surface area contributed by atoms with Crippen LogP contribution in [0.3, 0.4) is 0 Å². The molecular formula is C20H27N8O6S2+. The quantitative estimate of drug-likeness (QED) is 0.113. The van der Waals surface area contributed by atoms with Gasteiger partial charge in [0.25, 0.3) is 11.8 Å². The second-order valence-electron chi connectivity index (χ2n) is 8.58. The van der Waals surface area contributed by atoms with Crippen LogP contribution in [-0.2, 0) is 24.0 Å². The van der Waals surface area contributed by atoms with Crippen molar-refractivity contribution in [2.75, 3.05) is 45.8 Å². The number of carboxylic acids is 1. The Morgan fingerprint density at radius 3 is 2.69 bits per heavy atom. The summed E-state index contributed by atoms with van der Waals surface area (Å²) in [5.74, 6) is -2.69. The molecule has 194 valence electrons. The zero-order valence-electron chi connectivity index (χ0n) is 19.8. The minimum atomic E-state index is -1.25. The molecule has 0 spiro atoms. The Labute approximate surface area is 214 Å². The molecule has 0 aliphatic carbocycles. The summed E-state index contributed by atoms with van der Waals surface area (Å²) in [7, 11) is 5.09. The standard InChI is InChI=1S/C20H26N8O6S2/c1-28(2,8-6-11(21)29)7-4-5-10-9-35-18-13(17(31)27(18)14(10)19(32)33)23-16(30)12(25-34-3)15-24-20(22)36-26-15/h4-5,13,18H,6-9H2,1-3H3,(H5-,21,22,23,24,26,29,30,32,33)/p+1/b5-4+,25-12-/t13-,18-/m1/s1. The molecule has 3 heterocycles. The topological polar surface area (TPSA) is 203 Å². The molecule has 3 amide bonds. The van der Waals surface area contributed by atoms with Crippen LogP contribution in [0.4, 0.5) is 5.13 Å². The van der Waals surface area contributed by atoms with Crippen LogP contribution >= 0.6 is 23.3 Å². The minimum Gasteiger partial charge on any atom is -0.477 e. The molecule has 0 aromatic carbocycles. The number of allylic oxidation sites excluding steroid dienone is 1. The highest BCUT2D eigenvalue weighted by molar-refractivity contribution is 8.00. The second kappa shape index (κ2) is 11.0. The Balaban J connectivity index is 1.73. The largest absolute Gasteiger partial charge is 0.477 e. The third-order valence-corrected chi connectivity index (χ3v) is 7.27. The van der Waals surface area contributed by atoms with E-state index in [0.717, 1.165) is 11.5 Å². The number of fused-ring (bicyclic) bond motifs is 1. The maximum Gasteiger partial charge on any atom is 0.352 e. The van der Waals surface area contributed by atoms with Crippen molar-refractivity contribution < 1.29 is 33.6 Å². The number of carboxylic acid groups (broad SMARTS) is 1. The van der Waals surface area contributed by atoms with Crippen molar-refractivity contribution in [3.8, 4) is 0 Å². The number of nitrogens with one attached hydrogen (secondary N) is 1. The summed E-state index contributed by atoms with van der Waals surface area (Å²) in [5.41, 5.74) is 10.9. The molecule has 1 saturated heterocycles. The van der Waals surface area contributed by atoms with Gasteiger partial charge < -0.3 is 31.2 Å².